The summed E-state index contributed by atoms with van der Waals surface area (Å²) in [4.78, 5) is 15.6. The zero-order valence-electron chi connectivity index (χ0n) is 35.6. The Hall–Kier alpha value is -8.93. The molecule has 0 aliphatic rings. The second kappa shape index (κ2) is 14.3. The fourth-order valence-corrected chi connectivity index (χ4v) is 10.5. The van der Waals surface area contributed by atoms with E-state index in [9.17, 15) is 0 Å². The van der Waals surface area contributed by atoms with Gasteiger partial charge in [-0.25, -0.2) is 15.0 Å². The summed E-state index contributed by atoms with van der Waals surface area (Å²) in [6.45, 7) is 0. The van der Waals surface area contributed by atoms with Gasteiger partial charge < -0.3 is 9.13 Å². The summed E-state index contributed by atoms with van der Waals surface area (Å²) in [5.74, 6) is 1.90. The van der Waals surface area contributed by atoms with Crippen molar-refractivity contribution in [1.29, 1.82) is 0 Å². The van der Waals surface area contributed by atoms with Crippen LogP contribution in [0.15, 0.2) is 224 Å². The van der Waals surface area contributed by atoms with Crippen molar-refractivity contribution < 1.29 is 0 Å². The van der Waals surface area contributed by atoms with Gasteiger partial charge in [-0.1, -0.05) is 170 Å². The van der Waals surface area contributed by atoms with Crippen LogP contribution in [0.5, 0.6) is 0 Å². The van der Waals surface area contributed by atoms with E-state index in [2.05, 4.69) is 215 Å². The molecule has 0 spiro atoms. The van der Waals surface area contributed by atoms with Gasteiger partial charge in [0.25, 0.3) is 0 Å². The van der Waals surface area contributed by atoms with E-state index in [4.69, 9.17) is 15.0 Å². The molecule has 14 aromatic rings. The van der Waals surface area contributed by atoms with E-state index in [-0.39, 0.29) is 0 Å². The molecule has 0 atom stereocenters. The summed E-state index contributed by atoms with van der Waals surface area (Å²) in [6, 6.07) is 80.6. The Balaban J connectivity index is 1.04. The van der Waals surface area contributed by atoms with Crippen molar-refractivity contribution in [2.75, 3.05) is 0 Å². The van der Waals surface area contributed by atoms with Gasteiger partial charge in [0.15, 0.2) is 17.5 Å². The molecule has 0 aliphatic carbocycles. The number of hydrogen-bond acceptors (Lipinski definition) is 3. The lowest BCUT2D eigenvalue weighted by atomic mass is 10.0. The highest BCUT2D eigenvalue weighted by Crippen LogP contribution is 2.44. The normalized spacial score (nSPS) is 11.9. The van der Waals surface area contributed by atoms with Crippen LogP contribution < -0.4 is 0 Å². The fraction of sp³-hybridized carbons (Fsp3) is 0. The smallest absolute Gasteiger partial charge is 0.164 e. The van der Waals surface area contributed by atoms with Crippen LogP contribution in [0.2, 0.25) is 0 Å². The van der Waals surface area contributed by atoms with Gasteiger partial charge in [0.2, 0.25) is 0 Å². The van der Waals surface area contributed by atoms with E-state index >= 15 is 0 Å². The molecule has 0 amide bonds. The van der Waals surface area contributed by atoms with Crippen LogP contribution in [0.3, 0.4) is 0 Å². The first-order valence-corrected chi connectivity index (χ1v) is 22.4. The molecular formula is C61H37N5. The lowest BCUT2D eigenvalue weighted by molar-refractivity contribution is 1.08. The van der Waals surface area contributed by atoms with Crippen molar-refractivity contribution in [3.05, 3.63) is 224 Å². The van der Waals surface area contributed by atoms with E-state index in [1.807, 2.05) is 18.2 Å². The molecule has 3 aromatic heterocycles. The minimum absolute atomic E-state index is 0.629. The molecule has 11 aromatic carbocycles. The van der Waals surface area contributed by atoms with Crippen LogP contribution in [0.25, 0.3) is 132 Å². The van der Waals surface area contributed by atoms with Crippen molar-refractivity contribution in [2.45, 2.75) is 0 Å². The van der Waals surface area contributed by atoms with E-state index in [1.54, 1.807) is 0 Å². The van der Waals surface area contributed by atoms with Crippen molar-refractivity contribution in [3.63, 3.8) is 0 Å². The van der Waals surface area contributed by atoms with E-state index in [1.165, 1.54) is 59.5 Å². The number of fused-ring (bicyclic) bond motifs is 11. The lowest BCUT2D eigenvalue weighted by Crippen LogP contribution is -2.02. The third kappa shape index (κ3) is 5.50. The molecule has 0 unspecified atom stereocenters. The van der Waals surface area contributed by atoms with E-state index < -0.39 is 0 Å². The summed E-state index contributed by atoms with van der Waals surface area (Å²) in [5, 5.41) is 14.3. The Bertz CT molecular complexity index is 4290. The summed E-state index contributed by atoms with van der Waals surface area (Å²) in [7, 11) is 0. The molecule has 66 heavy (non-hydrogen) atoms. The molecule has 0 radical (unpaired) electrons. The quantitative estimate of drug-likeness (QED) is 0.173. The minimum Gasteiger partial charge on any atom is -0.309 e. The third-order valence-electron chi connectivity index (χ3n) is 13.5. The molecule has 5 heteroatoms. The first-order valence-electron chi connectivity index (χ1n) is 22.4. The Morgan fingerprint density at radius 1 is 0.258 bits per heavy atom. The summed E-state index contributed by atoms with van der Waals surface area (Å²) >= 11 is 0. The van der Waals surface area contributed by atoms with Crippen molar-refractivity contribution in [2.24, 2.45) is 0 Å². The van der Waals surface area contributed by atoms with Crippen LogP contribution in [-0.2, 0) is 0 Å². The SMILES string of the molecule is c1ccc(-c2nc(-c3ccc4ccccc4c3)nc(-c3ccc(-n4c5cc6ccccc6cc5c5c(-n6c7ccccc7c7c8ccccc8ccc76)cccc54)c4ccccc34)n2)cc1. The topological polar surface area (TPSA) is 48.5 Å². The number of aromatic nitrogens is 5. The predicted molar refractivity (Wildman–Crippen MR) is 275 cm³/mol. The molecule has 0 bridgehead atoms. The number of para-hydroxylation sites is 1. The Kier molecular flexibility index (Phi) is 7.91. The molecule has 5 nitrogen and oxygen atoms in total. The number of hydrogen-bond donors (Lipinski definition) is 0. The molecule has 0 saturated carbocycles. The average Bonchev–Trinajstić information content (AvgIpc) is 3.90. The molecule has 3 heterocycles. The van der Waals surface area contributed by atoms with Gasteiger partial charge in [-0.05, 0) is 92.3 Å². The largest absolute Gasteiger partial charge is 0.309 e. The first kappa shape index (κ1) is 36.5. The van der Waals surface area contributed by atoms with Crippen LogP contribution in [-0.4, -0.2) is 24.1 Å². The molecule has 14 rings (SSSR count). The summed E-state index contributed by atoms with van der Waals surface area (Å²) in [5.41, 5.74) is 9.71. The predicted octanol–water partition coefficient (Wildman–Crippen LogP) is 15.7. The molecular weight excluding hydrogens is 803 g/mol. The van der Waals surface area contributed by atoms with Crippen LogP contribution in [0, 0.1) is 0 Å². The standard InChI is InChI=1S/C61H37N5/c1-2-17-40(18-3-1)59-62-60(44-30-29-38-15-4-5-19-41(38)35-44)64-61(63-59)48-32-34-52(47-24-11-10-23-46(47)48)66-54-28-14-27-53(58(54)50-36-42-20-6-7-21-43(42)37-56(50)66)65-51-26-13-12-25-49(51)57-45-22-9-8-16-39(45)31-33-55(57)65/h1-37H. The molecule has 0 aliphatic heterocycles. The van der Waals surface area contributed by atoms with E-state index in [0.29, 0.717) is 17.5 Å². The summed E-state index contributed by atoms with van der Waals surface area (Å²) in [6.07, 6.45) is 0. The minimum atomic E-state index is 0.629. The Labute approximate surface area is 379 Å². The first-order chi connectivity index (χ1) is 32.7. The molecule has 0 saturated heterocycles. The van der Waals surface area contributed by atoms with Gasteiger partial charge in [-0.2, -0.15) is 0 Å². The second-order valence-corrected chi connectivity index (χ2v) is 17.2. The number of rotatable bonds is 5. The van der Waals surface area contributed by atoms with Crippen LogP contribution in [0.1, 0.15) is 0 Å². The van der Waals surface area contributed by atoms with Gasteiger partial charge in [-0.3, -0.25) is 0 Å². The monoisotopic (exact) mass is 839 g/mol. The maximum atomic E-state index is 5.26. The molecule has 0 fully saturated rings. The van der Waals surface area contributed by atoms with E-state index in [0.717, 1.165) is 55.3 Å². The lowest BCUT2D eigenvalue weighted by Gasteiger charge is -2.16. The highest BCUT2D eigenvalue weighted by Gasteiger charge is 2.23. The maximum absolute atomic E-state index is 5.26. The number of benzene rings is 11. The highest BCUT2D eigenvalue weighted by atomic mass is 15.0. The zero-order valence-corrected chi connectivity index (χ0v) is 35.6. The molecule has 306 valence electrons. The van der Waals surface area contributed by atoms with Gasteiger partial charge in [0.1, 0.15) is 0 Å². The summed E-state index contributed by atoms with van der Waals surface area (Å²) < 4.78 is 4.96. The van der Waals surface area contributed by atoms with Gasteiger partial charge in [0, 0.05) is 43.6 Å². The van der Waals surface area contributed by atoms with Crippen molar-refractivity contribution in [1.82, 2.24) is 24.1 Å². The van der Waals surface area contributed by atoms with Crippen molar-refractivity contribution >= 4 is 86.7 Å². The highest BCUT2D eigenvalue weighted by molar-refractivity contribution is 6.23. The third-order valence-corrected chi connectivity index (χ3v) is 13.5. The maximum Gasteiger partial charge on any atom is 0.164 e. The van der Waals surface area contributed by atoms with Gasteiger partial charge in [-0.15, -0.1) is 0 Å². The van der Waals surface area contributed by atoms with Crippen LogP contribution in [0.4, 0.5) is 0 Å². The second-order valence-electron chi connectivity index (χ2n) is 17.2. The fourth-order valence-electron chi connectivity index (χ4n) is 10.5. The Morgan fingerprint density at radius 2 is 0.833 bits per heavy atom. The van der Waals surface area contributed by atoms with Gasteiger partial charge >= 0.3 is 0 Å². The number of nitrogens with zero attached hydrogens (tertiary/aromatic N) is 5. The Morgan fingerprint density at radius 3 is 1.65 bits per heavy atom. The van der Waals surface area contributed by atoms with Crippen LogP contribution >= 0.6 is 0 Å². The van der Waals surface area contributed by atoms with Gasteiger partial charge in [0.05, 0.1) is 33.4 Å². The zero-order chi connectivity index (χ0) is 43.3. The molecule has 0 N–H and O–H groups in total. The average molecular weight is 840 g/mol. The van der Waals surface area contributed by atoms with Crippen molar-refractivity contribution in [3.8, 4) is 45.5 Å².